The summed E-state index contributed by atoms with van der Waals surface area (Å²) in [6.07, 6.45) is 2.51. The van der Waals surface area contributed by atoms with E-state index in [1.54, 1.807) is 24.6 Å². The van der Waals surface area contributed by atoms with E-state index < -0.39 is 0 Å². The largest absolute Gasteiger partial charge is 0.481 e. The van der Waals surface area contributed by atoms with E-state index >= 15 is 0 Å². The molecule has 0 atom stereocenters. The zero-order valence-electron chi connectivity index (χ0n) is 8.88. The minimum absolute atomic E-state index is 0.00262. The number of aliphatic hydroxyl groups excluding tert-OH is 1. The number of aliphatic hydroxyl groups is 1. The van der Waals surface area contributed by atoms with Crippen molar-refractivity contribution in [2.24, 2.45) is 0 Å². The monoisotopic (exact) mass is 236 g/mol. The third-order valence-corrected chi connectivity index (χ3v) is 3.02. The molecule has 84 valence electrons. The first-order valence-corrected chi connectivity index (χ1v) is 5.73. The van der Waals surface area contributed by atoms with Crippen LogP contribution in [0.4, 0.5) is 0 Å². The molecule has 0 aliphatic heterocycles. The van der Waals surface area contributed by atoms with E-state index in [2.05, 4.69) is 9.97 Å². The lowest BCUT2D eigenvalue weighted by Crippen LogP contribution is -1.92. The lowest BCUT2D eigenvalue weighted by atomic mass is 10.2. The minimum atomic E-state index is -0.00262. The summed E-state index contributed by atoms with van der Waals surface area (Å²) in [7, 11) is 1.59. The molecule has 0 aliphatic carbocycles. The van der Waals surface area contributed by atoms with Gasteiger partial charge in [0.05, 0.1) is 24.4 Å². The Morgan fingerprint density at radius 1 is 1.44 bits per heavy atom. The van der Waals surface area contributed by atoms with E-state index in [1.165, 1.54) is 0 Å². The molecule has 0 aliphatic rings. The first-order chi connectivity index (χ1) is 7.81. The lowest BCUT2D eigenvalue weighted by Gasteiger charge is -2.00. The van der Waals surface area contributed by atoms with Crippen molar-refractivity contribution in [3.8, 4) is 5.88 Å². The highest BCUT2D eigenvalue weighted by Crippen LogP contribution is 2.15. The van der Waals surface area contributed by atoms with Crippen LogP contribution in [0.25, 0.3) is 0 Å². The average molecular weight is 236 g/mol. The Kier molecular flexibility index (Phi) is 3.48. The molecule has 0 spiro atoms. The fraction of sp³-hybridized carbons (Fsp3) is 0.273. The third kappa shape index (κ3) is 2.56. The number of hydrogen-bond acceptors (Lipinski definition) is 5. The number of methoxy groups -OCH3 is 1. The van der Waals surface area contributed by atoms with E-state index in [4.69, 9.17) is 9.84 Å². The molecule has 0 saturated heterocycles. The summed E-state index contributed by atoms with van der Waals surface area (Å²) in [5, 5.41) is 11.8. The third-order valence-electron chi connectivity index (χ3n) is 2.12. The summed E-state index contributed by atoms with van der Waals surface area (Å²) in [4.78, 5) is 8.40. The van der Waals surface area contributed by atoms with Crippen molar-refractivity contribution in [1.29, 1.82) is 0 Å². The summed E-state index contributed by atoms with van der Waals surface area (Å²) in [5.74, 6) is 0.610. The Hall–Kier alpha value is -1.46. The molecule has 0 saturated carbocycles. The van der Waals surface area contributed by atoms with Gasteiger partial charge >= 0.3 is 0 Å². The van der Waals surface area contributed by atoms with Gasteiger partial charge < -0.3 is 9.84 Å². The summed E-state index contributed by atoms with van der Waals surface area (Å²) in [6.45, 7) is -0.00262. The smallest absolute Gasteiger partial charge is 0.212 e. The molecule has 4 nitrogen and oxygen atoms in total. The number of aromatic nitrogens is 2. The number of hydrogen-bond donors (Lipinski definition) is 1. The van der Waals surface area contributed by atoms with E-state index in [9.17, 15) is 0 Å². The van der Waals surface area contributed by atoms with Crippen LogP contribution in [0, 0.1) is 0 Å². The van der Waals surface area contributed by atoms with Crippen LogP contribution < -0.4 is 4.74 Å². The van der Waals surface area contributed by atoms with E-state index in [-0.39, 0.29) is 6.61 Å². The first-order valence-electron chi connectivity index (χ1n) is 4.85. The van der Waals surface area contributed by atoms with Gasteiger partial charge in [0.1, 0.15) is 0 Å². The van der Waals surface area contributed by atoms with Crippen molar-refractivity contribution < 1.29 is 9.84 Å². The summed E-state index contributed by atoms with van der Waals surface area (Å²) >= 11 is 1.55. The van der Waals surface area contributed by atoms with Crippen molar-refractivity contribution in [3.05, 3.63) is 40.0 Å². The van der Waals surface area contributed by atoms with Gasteiger partial charge in [-0.1, -0.05) is 6.07 Å². The van der Waals surface area contributed by atoms with Gasteiger partial charge in [-0.15, -0.1) is 11.3 Å². The van der Waals surface area contributed by atoms with E-state index in [0.717, 1.165) is 22.7 Å². The van der Waals surface area contributed by atoms with Crippen LogP contribution in [0.15, 0.2) is 23.7 Å². The fourth-order valence-electron chi connectivity index (χ4n) is 1.31. The van der Waals surface area contributed by atoms with Crippen molar-refractivity contribution in [2.45, 2.75) is 13.0 Å². The normalized spacial score (nSPS) is 10.4. The zero-order valence-corrected chi connectivity index (χ0v) is 9.70. The van der Waals surface area contributed by atoms with Crippen molar-refractivity contribution in [2.75, 3.05) is 7.11 Å². The SMILES string of the molecule is COc1ccc(Cc2nc(CO)cs2)cn1. The van der Waals surface area contributed by atoms with Crippen LogP contribution >= 0.6 is 11.3 Å². The van der Waals surface area contributed by atoms with Gasteiger partial charge in [0.2, 0.25) is 5.88 Å². The Morgan fingerprint density at radius 2 is 2.31 bits per heavy atom. The molecule has 2 aromatic rings. The Balaban J connectivity index is 2.08. The molecule has 0 fully saturated rings. The molecule has 0 bridgehead atoms. The maximum atomic E-state index is 8.90. The Bertz CT molecular complexity index is 453. The van der Waals surface area contributed by atoms with Crippen LogP contribution in [-0.2, 0) is 13.0 Å². The predicted octanol–water partition coefficient (Wildman–Crippen LogP) is 1.63. The maximum Gasteiger partial charge on any atom is 0.212 e. The van der Waals surface area contributed by atoms with Gasteiger partial charge in [0.25, 0.3) is 0 Å². The zero-order chi connectivity index (χ0) is 11.4. The van der Waals surface area contributed by atoms with Gasteiger partial charge in [-0.2, -0.15) is 0 Å². The summed E-state index contributed by atoms with van der Waals surface area (Å²) < 4.78 is 4.98. The molecule has 0 unspecified atom stereocenters. The number of nitrogens with zero attached hydrogens (tertiary/aromatic N) is 2. The Labute approximate surface area is 97.6 Å². The number of thiazole rings is 1. The van der Waals surface area contributed by atoms with Crippen LogP contribution in [0.3, 0.4) is 0 Å². The molecule has 2 aromatic heterocycles. The van der Waals surface area contributed by atoms with Gasteiger partial charge in [0, 0.05) is 24.1 Å². The number of pyridine rings is 1. The van der Waals surface area contributed by atoms with Crippen LogP contribution in [-0.4, -0.2) is 22.2 Å². The minimum Gasteiger partial charge on any atom is -0.481 e. The van der Waals surface area contributed by atoms with Gasteiger partial charge in [-0.25, -0.2) is 9.97 Å². The van der Waals surface area contributed by atoms with Gasteiger partial charge in [0.15, 0.2) is 0 Å². The highest BCUT2D eigenvalue weighted by Gasteiger charge is 2.03. The second-order valence-electron chi connectivity index (χ2n) is 3.28. The summed E-state index contributed by atoms with van der Waals surface area (Å²) in [6, 6.07) is 3.79. The van der Waals surface area contributed by atoms with Gasteiger partial charge in [-0.3, -0.25) is 0 Å². The van der Waals surface area contributed by atoms with Crippen molar-refractivity contribution >= 4 is 11.3 Å². The fourth-order valence-corrected chi connectivity index (χ4v) is 2.13. The molecule has 16 heavy (non-hydrogen) atoms. The van der Waals surface area contributed by atoms with E-state index in [0.29, 0.717) is 5.88 Å². The molecule has 2 heterocycles. The van der Waals surface area contributed by atoms with Gasteiger partial charge in [-0.05, 0) is 5.56 Å². The molecule has 0 aromatic carbocycles. The predicted molar refractivity (Wildman–Crippen MR) is 61.6 cm³/mol. The second kappa shape index (κ2) is 5.05. The standard InChI is InChI=1S/C11H12N2O2S/c1-15-10-3-2-8(5-12-10)4-11-13-9(6-14)7-16-11/h2-3,5,7,14H,4,6H2,1H3. The molecule has 2 rings (SSSR count). The molecular weight excluding hydrogens is 224 g/mol. The Morgan fingerprint density at radius 3 is 2.88 bits per heavy atom. The quantitative estimate of drug-likeness (QED) is 0.876. The second-order valence-corrected chi connectivity index (χ2v) is 4.22. The van der Waals surface area contributed by atoms with Crippen molar-refractivity contribution in [1.82, 2.24) is 9.97 Å². The molecule has 0 radical (unpaired) electrons. The van der Waals surface area contributed by atoms with Crippen LogP contribution in [0.5, 0.6) is 5.88 Å². The van der Waals surface area contributed by atoms with E-state index in [1.807, 2.05) is 17.5 Å². The molecule has 1 N–H and O–H groups in total. The molecule has 0 amide bonds. The van der Waals surface area contributed by atoms with Crippen molar-refractivity contribution in [3.63, 3.8) is 0 Å². The molecule has 5 heteroatoms. The topological polar surface area (TPSA) is 55.2 Å². The number of ether oxygens (including phenoxy) is 1. The van der Waals surface area contributed by atoms with Crippen LogP contribution in [0.2, 0.25) is 0 Å². The summed E-state index contributed by atoms with van der Waals surface area (Å²) in [5.41, 5.74) is 1.81. The highest BCUT2D eigenvalue weighted by molar-refractivity contribution is 7.09. The maximum absolute atomic E-state index is 8.90. The lowest BCUT2D eigenvalue weighted by molar-refractivity contribution is 0.277. The highest BCUT2D eigenvalue weighted by atomic mass is 32.1. The molecular formula is C11H12N2O2S. The average Bonchev–Trinajstić information content (AvgIpc) is 2.78. The number of rotatable bonds is 4. The first kappa shape index (κ1) is 11.0. The van der Waals surface area contributed by atoms with Crippen LogP contribution in [0.1, 0.15) is 16.3 Å².